The molecule has 0 bridgehead atoms. The third-order valence-electron chi connectivity index (χ3n) is 6.30. The first-order valence-electron chi connectivity index (χ1n) is 11.2. The van der Waals surface area contributed by atoms with Crippen molar-refractivity contribution < 1.29 is 28.6 Å². The molecule has 2 aromatic rings. The number of piperidine rings is 1. The van der Waals surface area contributed by atoms with E-state index in [1.54, 1.807) is 36.4 Å². The zero-order valence-corrected chi connectivity index (χ0v) is 18.8. The first-order chi connectivity index (χ1) is 16.8. The molecule has 1 aliphatic carbocycles. The third kappa shape index (κ3) is 5.41. The topological polar surface area (TPSA) is 146 Å². The fourth-order valence-electron chi connectivity index (χ4n) is 4.22. The molecule has 0 radical (unpaired) electrons. The van der Waals surface area contributed by atoms with Crippen LogP contribution in [0.1, 0.15) is 18.4 Å². The molecule has 35 heavy (non-hydrogen) atoms. The summed E-state index contributed by atoms with van der Waals surface area (Å²) in [4.78, 5) is 36.4. The lowest BCUT2D eigenvalue weighted by Crippen LogP contribution is -2.50. The minimum absolute atomic E-state index is 0.177. The van der Waals surface area contributed by atoms with Crippen molar-refractivity contribution in [3.05, 3.63) is 48.0 Å². The Balaban J connectivity index is 1.45. The number of hydrogen-bond donors (Lipinski definition) is 3. The highest BCUT2D eigenvalue weighted by Crippen LogP contribution is 2.39. The van der Waals surface area contributed by atoms with Gasteiger partial charge in [0, 0.05) is 18.7 Å². The SMILES string of the molecule is N#Cc1cc(-c2cccc(NC(=O)[C@@H]3C[C@H]3C(N)=O)c2)ccc1O[C@H]1CCN(C(=O)CO)C[C@H]1F. The minimum Gasteiger partial charge on any atom is -0.486 e. The number of aliphatic hydroxyl groups excluding tert-OH is 1. The zero-order valence-electron chi connectivity index (χ0n) is 18.8. The van der Waals surface area contributed by atoms with Crippen LogP contribution in [-0.4, -0.2) is 59.7 Å². The van der Waals surface area contributed by atoms with Crippen molar-refractivity contribution in [2.24, 2.45) is 17.6 Å². The zero-order chi connectivity index (χ0) is 25.1. The largest absolute Gasteiger partial charge is 0.486 e. The van der Waals surface area contributed by atoms with Gasteiger partial charge in [0.15, 0.2) is 6.17 Å². The molecule has 9 nitrogen and oxygen atoms in total. The molecule has 0 aromatic heterocycles. The Morgan fingerprint density at radius 1 is 1.20 bits per heavy atom. The predicted molar refractivity (Wildman–Crippen MR) is 124 cm³/mol. The average Bonchev–Trinajstić information content (AvgIpc) is 3.67. The number of carbonyl (C=O) groups excluding carboxylic acids is 3. The van der Waals surface area contributed by atoms with Crippen LogP contribution in [0.2, 0.25) is 0 Å². The summed E-state index contributed by atoms with van der Waals surface area (Å²) in [7, 11) is 0. The standard InChI is InChI=1S/C25H25FN4O5/c26-20-12-30(23(32)13-31)7-6-22(20)35-21-5-4-15(8-16(21)11-27)14-2-1-3-17(9-14)29-25(34)19-10-18(19)24(28)33/h1-5,8-9,18-20,22,31H,6-7,10,12-13H2,(H2,28,33)(H,29,34)/t18-,19-,20-,22+/m1/s1. The Labute approximate surface area is 201 Å². The van der Waals surface area contributed by atoms with Crippen LogP contribution in [0, 0.1) is 23.2 Å². The van der Waals surface area contributed by atoms with Crippen LogP contribution in [0.4, 0.5) is 10.1 Å². The van der Waals surface area contributed by atoms with Gasteiger partial charge in [-0.25, -0.2) is 4.39 Å². The number of primary amides is 1. The van der Waals surface area contributed by atoms with Gasteiger partial charge in [-0.05, 0) is 41.8 Å². The summed E-state index contributed by atoms with van der Waals surface area (Å²) in [6.45, 7) is -0.592. The fraction of sp³-hybridized carbons (Fsp3) is 0.360. The molecule has 4 rings (SSSR count). The van der Waals surface area contributed by atoms with Crippen LogP contribution in [0.5, 0.6) is 5.75 Å². The van der Waals surface area contributed by atoms with Crippen molar-refractivity contribution in [2.45, 2.75) is 25.1 Å². The van der Waals surface area contributed by atoms with Gasteiger partial charge >= 0.3 is 0 Å². The minimum atomic E-state index is -1.45. The van der Waals surface area contributed by atoms with Crippen molar-refractivity contribution in [1.29, 1.82) is 5.26 Å². The molecule has 2 fully saturated rings. The Morgan fingerprint density at radius 3 is 2.63 bits per heavy atom. The Bertz CT molecular complexity index is 1200. The number of carbonyl (C=O) groups is 3. The molecule has 0 unspecified atom stereocenters. The van der Waals surface area contributed by atoms with E-state index < -0.39 is 42.5 Å². The van der Waals surface area contributed by atoms with E-state index in [-0.39, 0.29) is 36.7 Å². The van der Waals surface area contributed by atoms with E-state index in [0.29, 0.717) is 17.7 Å². The number of rotatable bonds is 7. The van der Waals surface area contributed by atoms with Gasteiger partial charge in [0.1, 0.15) is 24.5 Å². The summed E-state index contributed by atoms with van der Waals surface area (Å²) < 4.78 is 20.4. The van der Waals surface area contributed by atoms with E-state index in [0.717, 1.165) is 5.56 Å². The van der Waals surface area contributed by atoms with E-state index in [2.05, 4.69) is 11.4 Å². The highest BCUT2D eigenvalue weighted by molar-refractivity contribution is 5.99. The van der Waals surface area contributed by atoms with Gasteiger partial charge in [-0.15, -0.1) is 0 Å². The first kappa shape index (κ1) is 24.2. The second-order valence-corrected chi connectivity index (χ2v) is 8.70. The molecule has 1 saturated carbocycles. The number of alkyl halides is 1. The van der Waals surface area contributed by atoms with Gasteiger partial charge in [0.2, 0.25) is 17.7 Å². The number of aliphatic hydroxyl groups is 1. The van der Waals surface area contributed by atoms with Gasteiger partial charge in [0.05, 0.1) is 23.9 Å². The smallest absolute Gasteiger partial charge is 0.248 e. The van der Waals surface area contributed by atoms with Crippen LogP contribution in [0.3, 0.4) is 0 Å². The number of nitrogens with zero attached hydrogens (tertiary/aromatic N) is 2. The predicted octanol–water partition coefficient (Wildman–Crippen LogP) is 1.60. The number of nitrogens with one attached hydrogen (secondary N) is 1. The normalized spacial score (nSPS) is 23.2. The first-order valence-corrected chi connectivity index (χ1v) is 11.2. The number of nitriles is 1. The average molecular weight is 480 g/mol. The second kappa shape index (κ2) is 10.1. The molecule has 1 heterocycles. The second-order valence-electron chi connectivity index (χ2n) is 8.70. The van der Waals surface area contributed by atoms with Crippen LogP contribution >= 0.6 is 0 Å². The number of ether oxygens (including phenoxy) is 1. The molecule has 10 heteroatoms. The lowest BCUT2D eigenvalue weighted by Gasteiger charge is -2.34. The highest BCUT2D eigenvalue weighted by Gasteiger charge is 2.47. The number of likely N-dealkylation sites (tertiary alicyclic amines) is 1. The molecule has 4 atom stereocenters. The maximum Gasteiger partial charge on any atom is 0.248 e. The Kier molecular flexibility index (Phi) is 6.98. The summed E-state index contributed by atoms with van der Waals surface area (Å²) in [6, 6.07) is 14.1. The fourth-order valence-corrected chi connectivity index (χ4v) is 4.22. The van der Waals surface area contributed by atoms with Gasteiger partial charge < -0.3 is 25.8 Å². The summed E-state index contributed by atoms with van der Waals surface area (Å²) in [6.07, 6.45) is -1.59. The van der Waals surface area contributed by atoms with Gasteiger partial charge in [-0.2, -0.15) is 5.26 Å². The van der Waals surface area contributed by atoms with Crippen LogP contribution in [-0.2, 0) is 14.4 Å². The van der Waals surface area contributed by atoms with Crippen molar-refractivity contribution in [3.63, 3.8) is 0 Å². The molecule has 1 aliphatic heterocycles. The number of anilines is 1. The highest BCUT2D eigenvalue weighted by atomic mass is 19.1. The molecule has 1 saturated heterocycles. The van der Waals surface area contributed by atoms with Crippen molar-refractivity contribution in [3.8, 4) is 22.9 Å². The Morgan fingerprint density at radius 2 is 1.97 bits per heavy atom. The molecule has 0 spiro atoms. The third-order valence-corrected chi connectivity index (χ3v) is 6.30. The number of halogens is 1. The molecular weight excluding hydrogens is 455 g/mol. The quantitative estimate of drug-likeness (QED) is 0.549. The van der Waals surface area contributed by atoms with E-state index in [1.165, 1.54) is 4.90 Å². The number of nitrogens with two attached hydrogens (primary N) is 1. The Hall–Kier alpha value is -3.97. The van der Waals surface area contributed by atoms with E-state index >= 15 is 0 Å². The monoisotopic (exact) mass is 480 g/mol. The van der Waals surface area contributed by atoms with Gasteiger partial charge in [0.25, 0.3) is 0 Å². The molecule has 2 aromatic carbocycles. The number of hydrogen-bond acceptors (Lipinski definition) is 6. The maximum atomic E-state index is 14.6. The van der Waals surface area contributed by atoms with Crippen LogP contribution in [0.15, 0.2) is 42.5 Å². The summed E-state index contributed by atoms with van der Waals surface area (Å²) in [5, 5.41) is 21.4. The van der Waals surface area contributed by atoms with Crippen LogP contribution in [0.25, 0.3) is 11.1 Å². The van der Waals surface area contributed by atoms with Crippen molar-refractivity contribution in [2.75, 3.05) is 25.0 Å². The van der Waals surface area contributed by atoms with Crippen LogP contribution < -0.4 is 15.8 Å². The van der Waals surface area contributed by atoms with E-state index in [9.17, 15) is 24.0 Å². The molecule has 182 valence electrons. The van der Waals surface area contributed by atoms with Crippen molar-refractivity contribution in [1.82, 2.24) is 4.90 Å². The number of amides is 3. The van der Waals surface area contributed by atoms with E-state index in [4.69, 9.17) is 15.6 Å². The van der Waals surface area contributed by atoms with Gasteiger partial charge in [-0.3, -0.25) is 14.4 Å². The van der Waals surface area contributed by atoms with Crippen molar-refractivity contribution >= 4 is 23.4 Å². The van der Waals surface area contributed by atoms with E-state index in [1.807, 2.05) is 6.07 Å². The molecule has 3 amide bonds. The molecule has 2 aliphatic rings. The summed E-state index contributed by atoms with van der Waals surface area (Å²) in [5.74, 6) is -1.87. The summed E-state index contributed by atoms with van der Waals surface area (Å²) >= 11 is 0. The van der Waals surface area contributed by atoms with Gasteiger partial charge in [-0.1, -0.05) is 18.2 Å². The summed E-state index contributed by atoms with van der Waals surface area (Å²) in [5.41, 5.74) is 7.46. The lowest BCUT2D eigenvalue weighted by atomic mass is 10.0. The maximum absolute atomic E-state index is 14.6. The number of benzene rings is 2. The lowest BCUT2D eigenvalue weighted by molar-refractivity contribution is -0.138. The molecular formula is C25H25FN4O5. The molecule has 4 N–H and O–H groups in total.